The topological polar surface area (TPSA) is 58.4 Å². The van der Waals surface area contributed by atoms with Crippen LogP contribution in [0.2, 0.25) is 0 Å². The SMILES string of the molecule is CC.CC.CC.CC1(C)CCN(C(C)(C)C)C=C1C(=O)Nc1ccc(Cc2ccc(N)cc2)cc1. The molecule has 0 radical (unpaired) electrons. The predicted molar refractivity (Wildman–Crippen MR) is 156 cm³/mol. The number of anilines is 2. The lowest BCUT2D eigenvalue weighted by Crippen LogP contribution is -2.44. The van der Waals surface area contributed by atoms with Crippen LogP contribution in [-0.4, -0.2) is 22.9 Å². The van der Waals surface area contributed by atoms with Crippen molar-refractivity contribution in [3.63, 3.8) is 0 Å². The van der Waals surface area contributed by atoms with Gasteiger partial charge in [-0.25, -0.2) is 0 Å². The third-order valence-corrected chi connectivity index (χ3v) is 5.70. The van der Waals surface area contributed by atoms with Crippen molar-refractivity contribution in [2.75, 3.05) is 17.6 Å². The number of carbonyl (C=O) groups excluding carboxylic acids is 1. The number of hydrogen-bond donors (Lipinski definition) is 2. The van der Waals surface area contributed by atoms with E-state index in [1.807, 2.05) is 84.1 Å². The van der Waals surface area contributed by atoms with Gasteiger partial charge in [-0.15, -0.1) is 0 Å². The fourth-order valence-corrected chi connectivity index (χ4v) is 3.60. The summed E-state index contributed by atoms with van der Waals surface area (Å²) in [5.74, 6) is -0.0183. The van der Waals surface area contributed by atoms with Crippen molar-refractivity contribution >= 4 is 17.3 Å². The molecule has 0 saturated heterocycles. The lowest BCUT2D eigenvalue weighted by molar-refractivity contribution is -0.114. The first kappa shape index (κ1) is 32.2. The van der Waals surface area contributed by atoms with Gasteiger partial charge in [-0.3, -0.25) is 4.79 Å². The summed E-state index contributed by atoms with van der Waals surface area (Å²) >= 11 is 0. The molecular formula is C31H51N3O. The van der Waals surface area contributed by atoms with E-state index in [1.54, 1.807) is 0 Å². The molecule has 1 aliphatic rings. The Morgan fingerprint density at radius 2 is 1.34 bits per heavy atom. The normalized spacial score (nSPS) is 14.0. The van der Waals surface area contributed by atoms with Crippen LogP contribution in [0, 0.1) is 5.41 Å². The van der Waals surface area contributed by atoms with Gasteiger partial charge in [0.15, 0.2) is 0 Å². The molecule has 2 aromatic carbocycles. The van der Waals surface area contributed by atoms with Crippen LogP contribution in [0.3, 0.4) is 0 Å². The van der Waals surface area contributed by atoms with Gasteiger partial charge in [-0.05, 0) is 74.4 Å². The van der Waals surface area contributed by atoms with Crippen molar-refractivity contribution < 1.29 is 4.79 Å². The predicted octanol–water partition coefficient (Wildman–Crippen LogP) is 8.29. The number of nitrogens with two attached hydrogens (primary N) is 1. The molecule has 0 fully saturated rings. The molecule has 0 aromatic heterocycles. The second kappa shape index (κ2) is 15.3. The van der Waals surface area contributed by atoms with Crippen LogP contribution in [0.15, 0.2) is 60.3 Å². The summed E-state index contributed by atoms with van der Waals surface area (Å²) in [4.78, 5) is 15.3. The summed E-state index contributed by atoms with van der Waals surface area (Å²) in [7, 11) is 0. The molecule has 0 bridgehead atoms. The molecule has 1 amide bonds. The number of benzene rings is 2. The van der Waals surface area contributed by atoms with Crippen LogP contribution >= 0.6 is 0 Å². The first-order valence-electron chi connectivity index (χ1n) is 13.3. The Balaban J connectivity index is 0.00000179. The second-order valence-corrected chi connectivity index (χ2v) is 9.61. The minimum Gasteiger partial charge on any atom is -0.399 e. The minimum atomic E-state index is -0.138. The van der Waals surface area contributed by atoms with Gasteiger partial charge in [-0.1, -0.05) is 79.7 Å². The Morgan fingerprint density at radius 1 is 0.886 bits per heavy atom. The standard InChI is InChI=1S/C25H33N3O.3C2H6/c1-24(2,3)28-15-14-25(4,5)22(17-28)23(29)27-21-12-8-19(9-13-21)16-18-6-10-20(26)11-7-18;3*1-2/h6-13,17H,14-16,26H2,1-5H3,(H,27,29);3*1-2H3. The molecular weight excluding hydrogens is 430 g/mol. The maximum atomic E-state index is 13.0. The Bertz CT molecular complexity index is 888. The number of amides is 1. The Morgan fingerprint density at radius 3 is 1.80 bits per heavy atom. The van der Waals surface area contributed by atoms with Gasteiger partial charge in [0.2, 0.25) is 0 Å². The van der Waals surface area contributed by atoms with Crippen molar-refractivity contribution in [2.45, 2.75) is 94.5 Å². The number of nitrogens with one attached hydrogen (secondary N) is 1. The molecule has 2 aromatic rings. The molecule has 0 saturated carbocycles. The Labute approximate surface area is 216 Å². The van der Waals surface area contributed by atoms with Crippen LogP contribution in [0.1, 0.15) is 93.7 Å². The van der Waals surface area contributed by atoms with E-state index >= 15 is 0 Å². The smallest absolute Gasteiger partial charge is 0.253 e. The van der Waals surface area contributed by atoms with Crippen molar-refractivity contribution in [3.05, 3.63) is 71.4 Å². The molecule has 0 atom stereocenters. The number of nitrogens with zero attached hydrogens (tertiary/aromatic N) is 1. The number of hydrogen-bond acceptors (Lipinski definition) is 3. The monoisotopic (exact) mass is 481 g/mol. The summed E-state index contributed by atoms with van der Waals surface area (Å²) < 4.78 is 0. The highest BCUT2D eigenvalue weighted by Crippen LogP contribution is 2.37. The van der Waals surface area contributed by atoms with Crippen LogP contribution in [0.4, 0.5) is 11.4 Å². The van der Waals surface area contributed by atoms with Crippen LogP contribution in [-0.2, 0) is 11.2 Å². The maximum absolute atomic E-state index is 13.0. The van der Waals surface area contributed by atoms with Gasteiger partial charge >= 0.3 is 0 Å². The molecule has 3 rings (SSSR count). The average molecular weight is 482 g/mol. The highest BCUT2D eigenvalue weighted by molar-refractivity contribution is 6.04. The van der Waals surface area contributed by atoms with Gasteiger partial charge in [0.1, 0.15) is 0 Å². The van der Waals surface area contributed by atoms with Gasteiger partial charge in [0, 0.05) is 35.2 Å². The first-order chi connectivity index (χ1) is 16.5. The molecule has 1 heterocycles. The van der Waals surface area contributed by atoms with Crippen molar-refractivity contribution in [1.29, 1.82) is 0 Å². The van der Waals surface area contributed by atoms with Crippen molar-refractivity contribution in [2.24, 2.45) is 5.41 Å². The fraction of sp³-hybridized carbons (Fsp3) is 0.516. The first-order valence-corrected chi connectivity index (χ1v) is 13.3. The molecule has 4 nitrogen and oxygen atoms in total. The van der Waals surface area contributed by atoms with Gasteiger partial charge in [0.25, 0.3) is 5.91 Å². The van der Waals surface area contributed by atoms with Crippen LogP contribution in [0.25, 0.3) is 0 Å². The summed E-state index contributed by atoms with van der Waals surface area (Å²) in [5, 5.41) is 3.09. The zero-order valence-electron chi connectivity index (χ0n) is 24.3. The number of carbonyl (C=O) groups is 1. The third kappa shape index (κ3) is 10.2. The highest BCUT2D eigenvalue weighted by Gasteiger charge is 2.35. The highest BCUT2D eigenvalue weighted by atomic mass is 16.1. The zero-order chi connectivity index (χ0) is 27.2. The van der Waals surface area contributed by atoms with E-state index in [4.69, 9.17) is 5.73 Å². The van der Waals surface area contributed by atoms with Gasteiger partial charge in [-0.2, -0.15) is 0 Å². The second-order valence-electron chi connectivity index (χ2n) is 9.61. The van der Waals surface area contributed by atoms with Crippen molar-refractivity contribution in [1.82, 2.24) is 4.90 Å². The van der Waals surface area contributed by atoms with Crippen LogP contribution in [0.5, 0.6) is 0 Å². The largest absolute Gasteiger partial charge is 0.399 e. The molecule has 0 aliphatic carbocycles. The zero-order valence-corrected chi connectivity index (χ0v) is 24.3. The molecule has 1 aliphatic heterocycles. The number of nitrogen functional groups attached to an aromatic ring is 1. The number of rotatable bonds is 4. The Hall–Kier alpha value is -2.75. The molecule has 0 unspecified atom stereocenters. The quantitative estimate of drug-likeness (QED) is 0.432. The van der Waals surface area contributed by atoms with Crippen molar-refractivity contribution in [3.8, 4) is 0 Å². The molecule has 4 heteroatoms. The van der Waals surface area contributed by atoms with E-state index in [1.165, 1.54) is 11.1 Å². The van der Waals surface area contributed by atoms with E-state index in [2.05, 4.69) is 57.0 Å². The maximum Gasteiger partial charge on any atom is 0.253 e. The molecule has 35 heavy (non-hydrogen) atoms. The van der Waals surface area contributed by atoms with E-state index < -0.39 is 0 Å². The third-order valence-electron chi connectivity index (χ3n) is 5.70. The lowest BCUT2D eigenvalue weighted by Gasteiger charge is -2.43. The Kier molecular flexibility index (Phi) is 14.1. The lowest BCUT2D eigenvalue weighted by atomic mass is 9.78. The molecule has 196 valence electrons. The summed E-state index contributed by atoms with van der Waals surface area (Å²) in [6.07, 6.45) is 3.85. The summed E-state index contributed by atoms with van der Waals surface area (Å²) in [5.41, 5.74) is 10.5. The van der Waals surface area contributed by atoms with E-state index in [0.717, 1.165) is 36.3 Å². The van der Waals surface area contributed by atoms with Gasteiger partial charge in [0.05, 0.1) is 0 Å². The van der Waals surface area contributed by atoms with Gasteiger partial charge < -0.3 is 16.0 Å². The summed E-state index contributed by atoms with van der Waals surface area (Å²) in [6, 6.07) is 16.0. The average Bonchev–Trinajstić information content (AvgIpc) is 2.84. The molecule has 3 N–H and O–H groups in total. The molecule has 0 spiro atoms. The van der Waals surface area contributed by atoms with E-state index in [-0.39, 0.29) is 16.9 Å². The van der Waals surface area contributed by atoms with Crippen LogP contribution < -0.4 is 11.1 Å². The van der Waals surface area contributed by atoms with E-state index in [0.29, 0.717) is 0 Å². The minimum absolute atomic E-state index is 0.00574. The van der Waals surface area contributed by atoms with E-state index in [9.17, 15) is 4.79 Å². The summed E-state index contributed by atoms with van der Waals surface area (Å²) in [6.45, 7) is 23.8. The fourth-order valence-electron chi connectivity index (χ4n) is 3.60.